The monoisotopic (exact) mass is 227 g/mol. The molecule has 1 aromatic rings. The predicted molar refractivity (Wildman–Crippen MR) is 57.6 cm³/mol. The van der Waals surface area contributed by atoms with Gasteiger partial charge in [0.1, 0.15) is 5.56 Å². The van der Waals surface area contributed by atoms with Crippen molar-refractivity contribution in [3.05, 3.63) is 17.5 Å². The lowest BCUT2D eigenvalue weighted by Crippen LogP contribution is -2.19. The summed E-state index contributed by atoms with van der Waals surface area (Å²) in [6, 6.07) is 0. The molecular formula is C10H17N3O3. The van der Waals surface area contributed by atoms with E-state index in [4.69, 9.17) is 9.57 Å². The fourth-order valence-corrected chi connectivity index (χ4v) is 1.27. The molecule has 0 saturated heterocycles. The highest BCUT2D eigenvalue weighted by molar-refractivity contribution is 5.90. The molecule has 0 aliphatic carbocycles. The van der Waals surface area contributed by atoms with Crippen LogP contribution in [0.25, 0.3) is 0 Å². The van der Waals surface area contributed by atoms with Gasteiger partial charge in [0, 0.05) is 7.05 Å². The van der Waals surface area contributed by atoms with E-state index in [1.54, 1.807) is 18.7 Å². The summed E-state index contributed by atoms with van der Waals surface area (Å²) in [5, 5.41) is 4.02. The highest BCUT2D eigenvalue weighted by Gasteiger charge is 2.16. The molecule has 1 rings (SSSR count). The van der Waals surface area contributed by atoms with Crippen molar-refractivity contribution < 1.29 is 14.4 Å². The summed E-state index contributed by atoms with van der Waals surface area (Å²) in [6.45, 7) is 4.98. The lowest BCUT2D eigenvalue weighted by Gasteiger charge is -2.06. The highest BCUT2D eigenvalue weighted by atomic mass is 16.6. The second kappa shape index (κ2) is 6.24. The van der Waals surface area contributed by atoms with Gasteiger partial charge in [-0.3, -0.25) is 4.68 Å². The first-order chi connectivity index (χ1) is 7.70. The van der Waals surface area contributed by atoms with Crippen LogP contribution in [0.1, 0.15) is 29.9 Å². The Bertz CT molecular complexity index is 349. The Morgan fingerprint density at radius 2 is 2.25 bits per heavy atom. The number of rotatable bonds is 6. The molecule has 0 spiro atoms. The summed E-state index contributed by atoms with van der Waals surface area (Å²) in [7, 11) is 1.77. The van der Waals surface area contributed by atoms with Gasteiger partial charge in [0.15, 0.2) is 0 Å². The van der Waals surface area contributed by atoms with Crippen molar-refractivity contribution in [1.82, 2.24) is 15.3 Å². The number of hydrogen-bond acceptors (Lipinski definition) is 5. The Labute approximate surface area is 94.5 Å². The molecule has 0 saturated carbocycles. The first-order valence-electron chi connectivity index (χ1n) is 5.23. The van der Waals surface area contributed by atoms with E-state index in [2.05, 4.69) is 10.6 Å². The number of nitrogens with one attached hydrogen (secondary N) is 1. The van der Waals surface area contributed by atoms with Gasteiger partial charge in [-0.15, -0.1) is 0 Å². The standard InChI is InChI=1S/C10H17N3O3/c1-4-15-10(14)8-6-11-13(3)9(8)7-12-16-5-2/h6,12H,4-5,7H2,1-3H3. The molecule has 1 N–H and O–H groups in total. The molecule has 1 aromatic heterocycles. The van der Waals surface area contributed by atoms with E-state index in [1.165, 1.54) is 6.20 Å². The molecule has 0 aliphatic rings. The summed E-state index contributed by atoms with van der Waals surface area (Å²) in [5.74, 6) is -0.358. The van der Waals surface area contributed by atoms with Crippen LogP contribution in [-0.4, -0.2) is 29.0 Å². The van der Waals surface area contributed by atoms with Crippen molar-refractivity contribution in [1.29, 1.82) is 0 Å². The first-order valence-corrected chi connectivity index (χ1v) is 5.23. The van der Waals surface area contributed by atoms with E-state index in [-0.39, 0.29) is 5.97 Å². The molecule has 16 heavy (non-hydrogen) atoms. The van der Waals surface area contributed by atoms with Gasteiger partial charge in [-0.25, -0.2) is 4.79 Å². The van der Waals surface area contributed by atoms with E-state index in [0.29, 0.717) is 25.3 Å². The summed E-state index contributed by atoms with van der Waals surface area (Å²) < 4.78 is 6.55. The lowest BCUT2D eigenvalue weighted by atomic mass is 10.2. The number of aromatic nitrogens is 2. The molecule has 6 nitrogen and oxygen atoms in total. The van der Waals surface area contributed by atoms with Crippen LogP contribution >= 0.6 is 0 Å². The number of ether oxygens (including phenoxy) is 1. The summed E-state index contributed by atoms with van der Waals surface area (Å²) in [4.78, 5) is 16.6. The van der Waals surface area contributed by atoms with Gasteiger partial charge < -0.3 is 9.57 Å². The van der Waals surface area contributed by atoms with Gasteiger partial charge in [-0.05, 0) is 13.8 Å². The van der Waals surface area contributed by atoms with E-state index in [1.807, 2.05) is 6.92 Å². The van der Waals surface area contributed by atoms with Crippen molar-refractivity contribution in [2.75, 3.05) is 13.2 Å². The van der Waals surface area contributed by atoms with Crippen LogP contribution < -0.4 is 5.48 Å². The van der Waals surface area contributed by atoms with E-state index < -0.39 is 0 Å². The third-order valence-corrected chi connectivity index (χ3v) is 2.04. The highest BCUT2D eigenvalue weighted by Crippen LogP contribution is 2.09. The minimum absolute atomic E-state index is 0.353. The fourth-order valence-electron chi connectivity index (χ4n) is 1.27. The average molecular weight is 227 g/mol. The number of carbonyl (C=O) groups is 1. The molecule has 0 atom stereocenters. The Kier molecular flexibility index (Phi) is 4.94. The quantitative estimate of drug-likeness (QED) is 0.439. The Morgan fingerprint density at radius 3 is 2.88 bits per heavy atom. The lowest BCUT2D eigenvalue weighted by molar-refractivity contribution is 0.0434. The number of esters is 1. The molecule has 0 aromatic carbocycles. The van der Waals surface area contributed by atoms with E-state index in [9.17, 15) is 4.79 Å². The van der Waals surface area contributed by atoms with Crippen LogP contribution in [-0.2, 0) is 23.2 Å². The van der Waals surface area contributed by atoms with Gasteiger partial charge in [-0.2, -0.15) is 10.6 Å². The van der Waals surface area contributed by atoms with Crippen LogP contribution in [0.5, 0.6) is 0 Å². The molecule has 0 amide bonds. The number of hydrogen-bond donors (Lipinski definition) is 1. The second-order valence-corrected chi connectivity index (χ2v) is 3.10. The normalized spacial score (nSPS) is 10.4. The van der Waals surface area contributed by atoms with Gasteiger partial charge in [-0.1, -0.05) is 0 Å². The van der Waals surface area contributed by atoms with Crippen molar-refractivity contribution in [2.24, 2.45) is 7.05 Å². The zero-order valence-corrected chi connectivity index (χ0v) is 9.82. The minimum atomic E-state index is -0.358. The zero-order chi connectivity index (χ0) is 12.0. The van der Waals surface area contributed by atoms with Gasteiger partial charge in [0.25, 0.3) is 0 Å². The van der Waals surface area contributed by atoms with Crippen LogP contribution in [0.3, 0.4) is 0 Å². The molecule has 0 radical (unpaired) electrons. The smallest absolute Gasteiger partial charge is 0.341 e. The maximum absolute atomic E-state index is 11.6. The summed E-state index contributed by atoms with van der Waals surface area (Å²) in [6.07, 6.45) is 1.50. The molecule has 1 heterocycles. The third-order valence-electron chi connectivity index (χ3n) is 2.04. The van der Waals surface area contributed by atoms with Gasteiger partial charge in [0.2, 0.25) is 0 Å². The van der Waals surface area contributed by atoms with Gasteiger partial charge in [0.05, 0.1) is 31.6 Å². The topological polar surface area (TPSA) is 65.4 Å². The number of carbonyl (C=O) groups excluding carboxylic acids is 1. The summed E-state index contributed by atoms with van der Waals surface area (Å²) in [5.41, 5.74) is 3.96. The number of hydroxylamine groups is 1. The molecule has 0 unspecified atom stereocenters. The van der Waals surface area contributed by atoms with Crippen LogP contribution in [0, 0.1) is 0 Å². The second-order valence-electron chi connectivity index (χ2n) is 3.10. The Morgan fingerprint density at radius 1 is 1.50 bits per heavy atom. The molecule has 6 heteroatoms. The largest absolute Gasteiger partial charge is 0.462 e. The van der Waals surface area contributed by atoms with E-state index in [0.717, 1.165) is 5.69 Å². The van der Waals surface area contributed by atoms with Crippen molar-refractivity contribution >= 4 is 5.97 Å². The van der Waals surface area contributed by atoms with Gasteiger partial charge >= 0.3 is 5.97 Å². The van der Waals surface area contributed by atoms with Crippen molar-refractivity contribution in [3.63, 3.8) is 0 Å². The van der Waals surface area contributed by atoms with Crippen LogP contribution in [0.2, 0.25) is 0 Å². The molecule has 0 bridgehead atoms. The number of nitrogens with zero attached hydrogens (tertiary/aromatic N) is 2. The van der Waals surface area contributed by atoms with Crippen molar-refractivity contribution in [3.8, 4) is 0 Å². The molecular weight excluding hydrogens is 210 g/mol. The summed E-state index contributed by atoms with van der Waals surface area (Å²) >= 11 is 0. The maximum Gasteiger partial charge on any atom is 0.341 e. The predicted octanol–water partition coefficient (Wildman–Crippen LogP) is 0.638. The van der Waals surface area contributed by atoms with Crippen molar-refractivity contribution in [2.45, 2.75) is 20.4 Å². The molecule has 90 valence electrons. The minimum Gasteiger partial charge on any atom is -0.462 e. The maximum atomic E-state index is 11.6. The average Bonchev–Trinajstić information content (AvgIpc) is 2.61. The Hall–Kier alpha value is -1.40. The zero-order valence-electron chi connectivity index (χ0n) is 9.82. The SMILES string of the molecule is CCONCc1c(C(=O)OCC)cnn1C. The molecule has 0 aliphatic heterocycles. The third kappa shape index (κ3) is 3.04. The Balaban J connectivity index is 2.73. The van der Waals surface area contributed by atoms with E-state index >= 15 is 0 Å². The molecule has 0 fully saturated rings. The first kappa shape index (κ1) is 12.7. The fraction of sp³-hybridized carbons (Fsp3) is 0.600. The number of aryl methyl sites for hydroxylation is 1. The van der Waals surface area contributed by atoms with Crippen LogP contribution in [0.4, 0.5) is 0 Å². The van der Waals surface area contributed by atoms with Crippen LogP contribution in [0.15, 0.2) is 6.20 Å².